The van der Waals surface area contributed by atoms with Crippen LogP contribution in [0.5, 0.6) is 0 Å². The Hall–Kier alpha value is -0.820. The van der Waals surface area contributed by atoms with E-state index in [0.29, 0.717) is 6.61 Å². The molecule has 1 fully saturated rings. The maximum atomic E-state index is 4.93. The van der Waals surface area contributed by atoms with E-state index >= 15 is 0 Å². The molecule has 1 aliphatic rings. The Bertz CT molecular complexity index is 249. The van der Waals surface area contributed by atoms with Crippen molar-refractivity contribution in [2.75, 3.05) is 7.11 Å². The van der Waals surface area contributed by atoms with Gasteiger partial charge in [-0.3, -0.25) is 0 Å². The first-order valence-electron chi connectivity index (χ1n) is 6.36. The molecule has 0 spiro atoms. The van der Waals surface area contributed by atoms with Gasteiger partial charge < -0.3 is 4.74 Å². The number of hydrogen-bond donors (Lipinski definition) is 0. The van der Waals surface area contributed by atoms with Crippen molar-refractivity contribution in [3.05, 3.63) is 35.9 Å². The van der Waals surface area contributed by atoms with Crippen LogP contribution in [0.15, 0.2) is 30.3 Å². The fourth-order valence-electron chi connectivity index (χ4n) is 2.05. The third-order valence-corrected chi connectivity index (χ3v) is 3.05. The summed E-state index contributed by atoms with van der Waals surface area (Å²) in [5.74, 6) is 1.04. The van der Waals surface area contributed by atoms with Crippen LogP contribution in [0, 0.1) is 5.92 Å². The van der Waals surface area contributed by atoms with Gasteiger partial charge in [0.2, 0.25) is 0 Å². The molecule has 1 heteroatoms. The molecule has 1 nitrogen and oxygen atoms in total. The maximum Gasteiger partial charge on any atom is 0.0713 e. The number of rotatable bonds is 2. The zero-order valence-electron chi connectivity index (χ0n) is 10.6. The molecule has 90 valence electrons. The minimum atomic E-state index is 0.709. The highest BCUT2D eigenvalue weighted by molar-refractivity contribution is 5.13. The zero-order chi connectivity index (χ0) is 11.6. The van der Waals surface area contributed by atoms with Crippen molar-refractivity contribution in [3.63, 3.8) is 0 Å². The predicted octanol–water partition coefficient (Wildman–Crippen LogP) is 4.42. The third-order valence-electron chi connectivity index (χ3n) is 3.05. The Balaban J connectivity index is 0.000000165. The van der Waals surface area contributed by atoms with Crippen LogP contribution in [0.4, 0.5) is 0 Å². The lowest BCUT2D eigenvalue weighted by Gasteiger charge is -2.15. The Morgan fingerprint density at radius 3 is 2.12 bits per heavy atom. The van der Waals surface area contributed by atoms with Crippen molar-refractivity contribution in [1.82, 2.24) is 0 Å². The molecule has 0 heterocycles. The Morgan fingerprint density at radius 1 is 1.06 bits per heavy atom. The van der Waals surface area contributed by atoms with Crippen LogP contribution in [0.2, 0.25) is 0 Å². The van der Waals surface area contributed by atoms with Gasteiger partial charge in [-0.2, -0.15) is 0 Å². The van der Waals surface area contributed by atoms with Gasteiger partial charge in [-0.25, -0.2) is 0 Å². The highest BCUT2D eigenvalue weighted by atomic mass is 16.5. The van der Waals surface area contributed by atoms with E-state index in [0.717, 1.165) is 5.92 Å². The lowest BCUT2D eigenvalue weighted by molar-refractivity contribution is 0.185. The lowest BCUT2D eigenvalue weighted by atomic mass is 9.91. The van der Waals surface area contributed by atoms with Crippen LogP contribution in [0.1, 0.15) is 44.6 Å². The van der Waals surface area contributed by atoms with Crippen LogP contribution < -0.4 is 0 Å². The van der Waals surface area contributed by atoms with E-state index in [4.69, 9.17) is 4.74 Å². The molecule has 0 amide bonds. The molecule has 0 aromatic heterocycles. The predicted molar refractivity (Wildman–Crippen MR) is 69.4 cm³/mol. The molecule has 1 aromatic rings. The quantitative estimate of drug-likeness (QED) is 0.717. The first-order valence-corrected chi connectivity index (χ1v) is 6.36. The average Bonchev–Trinajstić information content (AvgIpc) is 2.33. The summed E-state index contributed by atoms with van der Waals surface area (Å²) < 4.78 is 4.93. The summed E-state index contributed by atoms with van der Waals surface area (Å²) >= 11 is 0. The van der Waals surface area contributed by atoms with Gasteiger partial charge in [-0.1, -0.05) is 69.4 Å². The van der Waals surface area contributed by atoms with Crippen molar-refractivity contribution in [2.24, 2.45) is 5.92 Å². The van der Waals surface area contributed by atoms with Crippen molar-refractivity contribution in [3.8, 4) is 0 Å². The second-order valence-corrected chi connectivity index (χ2v) is 4.66. The molecule has 0 atom stereocenters. The number of benzene rings is 1. The third kappa shape index (κ3) is 5.92. The van der Waals surface area contributed by atoms with E-state index in [-0.39, 0.29) is 0 Å². The lowest BCUT2D eigenvalue weighted by Crippen LogP contribution is -1.99. The molecule has 0 aliphatic heterocycles. The molecule has 0 bridgehead atoms. The van der Waals surface area contributed by atoms with Gasteiger partial charge in [0.05, 0.1) is 6.61 Å². The van der Waals surface area contributed by atoms with Gasteiger partial charge in [-0.15, -0.1) is 0 Å². The topological polar surface area (TPSA) is 9.23 Å². The van der Waals surface area contributed by atoms with Crippen LogP contribution in [-0.4, -0.2) is 7.11 Å². The SMILES string of the molecule is CC1CCCCC1.COCc1ccccc1. The first kappa shape index (κ1) is 13.2. The van der Waals surface area contributed by atoms with Gasteiger partial charge in [0.25, 0.3) is 0 Å². The van der Waals surface area contributed by atoms with Gasteiger partial charge >= 0.3 is 0 Å². The van der Waals surface area contributed by atoms with Crippen LogP contribution in [0.3, 0.4) is 0 Å². The first-order chi connectivity index (χ1) is 7.83. The monoisotopic (exact) mass is 220 g/mol. The number of ether oxygens (including phenoxy) is 1. The molecule has 2 rings (SSSR count). The van der Waals surface area contributed by atoms with Gasteiger partial charge in [0.15, 0.2) is 0 Å². The summed E-state index contributed by atoms with van der Waals surface area (Å²) in [6.07, 6.45) is 7.44. The van der Waals surface area contributed by atoms with E-state index in [1.54, 1.807) is 7.11 Å². The summed E-state index contributed by atoms with van der Waals surface area (Å²) in [5.41, 5.74) is 1.22. The Morgan fingerprint density at radius 2 is 1.69 bits per heavy atom. The fourth-order valence-corrected chi connectivity index (χ4v) is 2.05. The normalized spacial score (nSPS) is 16.4. The molecular formula is C15H24O. The molecule has 0 N–H and O–H groups in total. The molecule has 1 aromatic carbocycles. The van der Waals surface area contributed by atoms with Crippen molar-refractivity contribution in [2.45, 2.75) is 45.6 Å². The maximum absolute atomic E-state index is 4.93. The molecule has 1 saturated carbocycles. The van der Waals surface area contributed by atoms with E-state index in [1.165, 1.54) is 37.7 Å². The number of methoxy groups -OCH3 is 1. The minimum absolute atomic E-state index is 0.709. The highest BCUT2D eigenvalue weighted by Gasteiger charge is 2.05. The molecule has 0 unspecified atom stereocenters. The van der Waals surface area contributed by atoms with Crippen LogP contribution in [-0.2, 0) is 11.3 Å². The zero-order valence-corrected chi connectivity index (χ0v) is 10.6. The molecule has 0 radical (unpaired) electrons. The summed E-state index contributed by atoms with van der Waals surface area (Å²) in [4.78, 5) is 0. The smallest absolute Gasteiger partial charge is 0.0713 e. The van der Waals surface area contributed by atoms with E-state index in [1.807, 2.05) is 30.3 Å². The Kier molecular flexibility index (Phi) is 6.91. The highest BCUT2D eigenvalue weighted by Crippen LogP contribution is 2.22. The summed E-state index contributed by atoms with van der Waals surface area (Å²) in [7, 11) is 1.70. The summed E-state index contributed by atoms with van der Waals surface area (Å²) in [5, 5.41) is 0. The van der Waals surface area contributed by atoms with Crippen LogP contribution in [0.25, 0.3) is 0 Å². The molecular weight excluding hydrogens is 196 g/mol. The van der Waals surface area contributed by atoms with Crippen molar-refractivity contribution < 1.29 is 4.74 Å². The molecule has 16 heavy (non-hydrogen) atoms. The molecule has 1 aliphatic carbocycles. The van der Waals surface area contributed by atoms with E-state index in [9.17, 15) is 0 Å². The minimum Gasteiger partial charge on any atom is -0.380 e. The van der Waals surface area contributed by atoms with Gasteiger partial charge in [0.1, 0.15) is 0 Å². The number of hydrogen-bond acceptors (Lipinski definition) is 1. The fraction of sp³-hybridized carbons (Fsp3) is 0.600. The largest absolute Gasteiger partial charge is 0.380 e. The summed E-state index contributed by atoms with van der Waals surface area (Å²) in [6.45, 7) is 3.07. The van der Waals surface area contributed by atoms with Crippen LogP contribution >= 0.6 is 0 Å². The second-order valence-electron chi connectivity index (χ2n) is 4.66. The standard InChI is InChI=1S/C8H10O.C7H14/c1-9-7-8-5-3-2-4-6-8;1-7-5-3-2-4-6-7/h2-6H,7H2,1H3;7H,2-6H2,1H3. The van der Waals surface area contributed by atoms with E-state index < -0.39 is 0 Å². The van der Waals surface area contributed by atoms with Gasteiger partial charge in [-0.05, 0) is 11.5 Å². The second kappa shape index (κ2) is 8.35. The summed E-state index contributed by atoms with van der Waals surface area (Å²) in [6, 6.07) is 10.1. The van der Waals surface area contributed by atoms with E-state index in [2.05, 4.69) is 6.92 Å². The molecule has 0 saturated heterocycles. The van der Waals surface area contributed by atoms with Crippen molar-refractivity contribution in [1.29, 1.82) is 0 Å². The van der Waals surface area contributed by atoms with Gasteiger partial charge in [0, 0.05) is 7.11 Å². The Labute approximate surface area is 99.8 Å². The average molecular weight is 220 g/mol. The van der Waals surface area contributed by atoms with Crippen molar-refractivity contribution >= 4 is 0 Å².